The predicted molar refractivity (Wildman–Crippen MR) is 54.1 cm³/mol. The number of methoxy groups -OCH3 is 1. The number of nitrogens with one attached hydrogen (secondary N) is 1. The molecule has 0 aromatic heterocycles. The summed E-state index contributed by atoms with van der Waals surface area (Å²) in [5.74, 6) is 0.535. The molecule has 0 saturated carbocycles. The molecule has 0 fully saturated rings. The summed E-state index contributed by atoms with van der Waals surface area (Å²) in [6.07, 6.45) is 0. The minimum Gasteiger partial charge on any atom is -0.497 e. The van der Waals surface area contributed by atoms with E-state index in [-0.39, 0.29) is 5.91 Å². The van der Waals surface area contributed by atoms with E-state index in [1.54, 1.807) is 32.4 Å². The van der Waals surface area contributed by atoms with Gasteiger partial charge in [-0.15, -0.1) is 0 Å². The topological polar surface area (TPSA) is 38.3 Å². The zero-order chi connectivity index (χ0) is 9.84. The minimum atomic E-state index is -0.125. The molecule has 0 radical (unpaired) electrons. The number of carbonyl (C=O) groups excluding carboxylic acids is 1. The number of ether oxygens (including phenoxy) is 1. The lowest BCUT2D eigenvalue weighted by molar-refractivity contribution is 0.0962. The number of carbonyl (C=O) groups is 1. The van der Waals surface area contributed by atoms with Gasteiger partial charge in [-0.05, 0) is 18.2 Å². The van der Waals surface area contributed by atoms with E-state index in [4.69, 9.17) is 4.74 Å². The number of hydrogen-bond acceptors (Lipinski definition) is 2. The van der Waals surface area contributed by atoms with E-state index in [1.807, 2.05) is 0 Å². The molecule has 0 unspecified atom stereocenters. The van der Waals surface area contributed by atoms with Crippen LogP contribution >= 0.6 is 15.9 Å². The highest BCUT2D eigenvalue weighted by Crippen LogP contribution is 2.20. The maximum absolute atomic E-state index is 11.2. The van der Waals surface area contributed by atoms with Gasteiger partial charge in [0.15, 0.2) is 0 Å². The molecule has 0 spiro atoms. The first-order chi connectivity index (χ1) is 6.17. The summed E-state index contributed by atoms with van der Waals surface area (Å²) < 4.78 is 5.84. The third kappa shape index (κ3) is 2.45. The SMILES string of the molecule is CNC(=O)c1cc(Br)cc(OC)c1. The number of rotatable bonds is 2. The molecule has 0 aliphatic rings. The van der Waals surface area contributed by atoms with Crippen LogP contribution in [0.15, 0.2) is 22.7 Å². The smallest absolute Gasteiger partial charge is 0.251 e. The quantitative estimate of drug-likeness (QED) is 0.861. The molecule has 1 amide bonds. The van der Waals surface area contributed by atoms with Crippen molar-refractivity contribution in [2.24, 2.45) is 0 Å². The van der Waals surface area contributed by atoms with Gasteiger partial charge in [0.25, 0.3) is 5.91 Å². The standard InChI is InChI=1S/C9H10BrNO2/c1-11-9(12)6-3-7(10)5-8(4-6)13-2/h3-5H,1-2H3,(H,11,12). The van der Waals surface area contributed by atoms with E-state index in [2.05, 4.69) is 21.2 Å². The zero-order valence-electron chi connectivity index (χ0n) is 7.43. The van der Waals surface area contributed by atoms with Gasteiger partial charge in [0.05, 0.1) is 7.11 Å². The molecule has 13 heavy (non-hydrogen) atoms. The van der Waals surface area contributed by atoms with Gasteiger partial charge >= 0.3 is 0 Å². The van der Waals surface area contributed by atoms with Gasteiger partial charge in [-0.25, -0.2) is 0 Å². The molecule has 4 heteroatoms. The number of benzene rings is 1. The summed E-state index contributed by atoms with van der Waals surface area (Å²) >= 11 is 3.29. The van der Waals surface area contributed by atoms with E-state index >= 15 is 0 Å². The van der Waals surface area contributed by atoms with Crippen molar-refractivity contribution in [1.29, 1.82) is 0 Å². The number of halogens is 1. The summed E-state index contributed by atoms with van der Waals surface area (Å²) in [5.41, 5.74) is 0.578. The van der Waals surface area contributed by atoms with Crippen molar-refractivity contribution < 1.29 is 9.53 Å². The summed E-state index contributed by atoms with van der Waals surface area (Å²) in [7, 11) is 3.16. The Kier molecular flexibility index (Phi) is 3.31. The first-order valence-corrected chi connectivity index (χ1v) is 4.53. The largest absolute Gasteiger partial charge is 0.497 e. The van der Waals surface area contributed by atoms with Crippen LogP contribution in [0.1, 0.15) is 10.4 Å². The van der Waals surface area contributed by atoms with Gasteiger partial charge in [0.1, 0.15) is 5.75 Å². The van der Waals surface area contributed by atoms with E-state index in [9.17, 15) is 4.79 Å². The average molecular weight is 244 g/mol. The third-order valence-corrected chi connectivity index (χ3v) is 2.05. The summed E-state index contributed by atoms with van der Waals surface area (Å²) in [4.78, 5) is 11.2. The van der Waals surface area contributed by atoms with E-state index in [1.165, 1.54) is 0 Å². The molecule has 1 aromatic rings. The first kappa shape index (κ1) is 10.1. The van der Waals surface area contributed by atoms with Crippen molar-refractivity contribution in [3.8, 4) is 5.75 Å². The van der Waals surface area contributed by atoms with Gasteiger partial charge in [-0.1, -0.05) is 15.9 Å². The fourth-order valence-electron chi connectivity index (χ4n) is 0.956. The molecule has 70 valence electrons. The maximum atomic E-state index is 11.2. The Labute approximate surface area is 85.2 Å². The number of hydrogen-bond donors (Lipinski definition) is 1. The van der Waals surface area contributed by atoms with Gasteiger partial charge in [0, 0.05) is 17.1 Å². The highest BCUT2D eigenvalue weighted by molar-refractivity contribution is 9.10. The molecule has 1 N–H and O–H groups in total. The average Bonchev–Trinajstić information content (AvgIpc) is 2.15. The van der Waals surface area contributed by atoms with Gasteiger partial charge < -0.3 is 10.1 Å². The fraction of sp³-hybridized carbons (Fsp3) is 0.222. The van der Waals surface area contributed by atoms with E-state index in [0.29, 0.717) is 11.3 Å². The lowest BCUT2D eigenvalue weighted by atomic mass is 10.2. The van der Waals surface area contributed by atoms with Crippen LogP contribution in [0, 0.1) is 0 Å². The second-order valence-electron chi connectivity index (χ2n) is 2.46. The normalized spacial score (nSPS) is 9.46. The molecule has 0 heterocycles. The highest BCUT2D eigenvalue weighted by atomic mass is 79.9. The lowest BCUT2D eigenvalue weighted by Gasteiger charge is -2.04. The molecular formula is C9H10BrNO2. The van der Waals surface area contributed by atoms with E-state index < -0.39 is 0 Å². The highest BCUT2D eigenvalue weighted by Gasteiger charge is 2.05. The van der Waals surface area contributed by atoms with Crippen molar-refractivity contribution in [1.82, 2.24) is 5.32 Å². The molecule has 0 aliphatic carbocycles. The van der Waals surface area contributed by atoms with Gasteiger partial charge in [-0.3, -0.25) is 4.79 Å². The van der Waals surface area contributed by atoms with Gasteiger partial charge in [-0.2, -0.15) is 0 Å². The lowest BCUT2D eigenvalue weighted by Crippen LogP contribution is -2.17. The molecule has 0 saturated heterocycles. The molecule has 1 rings (SSSR count). The Bertz CT molecular complexity index is 325. The second kappa shape index (κ2) is 4.28. The second-order valence-corrected chi connectivity index (χ2v) is 3.37. The zero-order valence-corrected chi connectivity index (χ0v) is 9.01. The van der Waals surface area contributed by atoms with Crippen LogP contribution < -0.4 is 10.1 Å². The van der Waals surface area contributed by atoms with Crippen LogP contribution in [0.3, 0.4) is 0 Å². The Hall–Kier alpha value is -1.03. The molecular weight excluding hydrogens is 234 g/mol. The van der Waals surface area contributed by atoms with E-state index in [0.717, 1.165) is 4.47 Å². The van der Waals surface area contributed by atoms with Crippen molar-refractivity contribution in [2.45, 2.75) is 0 Å². The van der Waals surface area contributed by atoms with Crippen molar-refractivity contribution >= 4 is 21.8 Å². The molecule has 0 aliphatic heterocycles. The predicted octanol–water partition coefficient (Wildman–Crippen LogP) is 1.82. The Balaban J connectivity index is 3.08. The van der Waals surface area contributed by atoms with Crippen molar-refractivity contribution in [3.05, 3.63) is 28.2 Å². The van der Waals surface area contributed by atoms with Crippen LogP contribution in [-0.2, 0) is 0 Å². The fourth-order valence-corrected chi connectivity index (χ4v) is 1.43. The minimum absolute atomic E-state index is 0.125. The Morgan fingerprint density at radius 2 is 2.15 bits per heavy atom. The summed E-state index contributed by atoms with van der Waals surface area (Å²) in [6, 6.07) is 5.22. The number of amides is 1. The van der Waals surface area contributed by atoms with Crippen molar-refractivity contribution in [3.63, 3.8) is 0 Å². The summed E-state index contributed by atoms with van der Waals surface area (Å²) in [5, 5.41) is 2.54. The van der Waals surface area contributed by atoms with Crippen LogP contribution in [0.25, 0.3) is 0 Å². The molecule has 0 atom stereocenters. The van der Waals surface area contributed by atoms with Gasteiger partial charge in [0.2, 0.25) is 0 Å². The Morgan fingerprint density at radius 3 is 2.69 bits per heavy atom. The molecule has 3 nitrogen and oxygen atoms in total. The Morgan fingerprint density at radius 1 is 1.46 bits per heavy atom. The monoisotopic (exact) mass is 243 g/mol. The van der Waals surface area contributed by atoms with Crippen LogP contribution in [0.5, 0.6) is 5.75 Å². The third-order valence-electron chi connectivity index (χ3n) is 1.60. The maximum Gasteiger partial charge on any atom is 0.251 e. The molecule has 0 bridgehead atoms. The van der Waals surface area contributed by atoms with Crippen LogP contribution in [0.4, 0.5) is 0 Å². The molecule has 1 aromatic carbocycles. The van der Waals surface area contributed by atoms with Crippen molar-refractivity contribution in [2.75, 3.05) is 14.2 Å². The summed E-state index contributed by atoms with van der Waals surface area (Å²) in [6.45, 7) is 0. The van der Waals surface area contributed by atoms with Crippen LogP contribution in [0.2, 0.25) is 0 Å². The first-order valence-electron chi connectivity index (χ1n) is 3.74. The van der Waals surface area contributed by atoms with Crippen LogP contribution in [-0.4, -0.2) is 20.1 Å².